The van der Waals surface area contributed by atoms with Gasteiger partial charge in [0.1, 0.15) is 5.82 Å². The van der Waals surface area contributed by atoms with Crippen molar-refractivity contribution >= 4 is 30.0 Å². The van der Waals surface area contributed by atoms with Gasteiger partial charge in [-0.25, -0.2) is 4.98 Å². The zero-order chi connectivity index (χ0) is 11.0. The van der Waals surface area contributed by atoms with Gasteiger partial charge < -0.3 is 10.0 Å². The van der Waals surface area contributed by atoms with Crippen LogP contribution in [-0.2, 0) is 0 Å². The number of hydrogen-bond acceptors (Lipinski definition) is 4. The number of halogens is 1. The lowest BCUT2D eigenvalue weighted by molar-refractivity contribution is 0.107. The maximum Gasteiger partial charge on any atom is 0.148 e. The molecule has 82 valence electrons. The second-order valence-corrected chi connectivity index (χ2v) is 4.73. The minimum atomic E-state index is -0.265. The molecule has 1 atom stereocenters. The zero-order valence-corrected chi connectivity index (χ0v) is 10.0. The van der Waals surface area contributed by atoms with E-state index in [0.717, 1.165) is 23.8 Å². The van der Waals surface area contributed by atoms with Gasteiger partial charge in [-0.2, -0.15) is 0 Å². The van der Waals surface area contributed by atoms with Crippen molar-refractivity contribution in [1.29, 1.82) is 0 Å². The highest BCUT2D eigenvalue weighted by Gasteiger charge is 2.32. The monoisotopic (exact) mass is 244 g/mol. The van der Waals surface area contributed by atoms with Crippen molar-refractivity contribution in [3.05, 3.63) is 17.3 Å². The van der Waals surface area contributed by atoms with Gasteiger partial charge in [0.2, 0.25) is 0 Å². The molecule has 0 spiro atoms. The van der Waals surface area contributed by atoms with Crippen LogP contribution in [0.3, 0.4) is 0 Å². The lowest BCUT2D eigenvalue weighted by Crippen LogP contribution is -2.51. The summed E-state index contributed by atoms with van der Waals surface area (Å²) in [6.45, 7) is 3.43. The summed E-state index contributed by atoms with van der Waals surface area (Å²) in [7, 11) is 0. The molecule has 15 heavy (non-hydrogen) atoms. The molecule has 5 heteroatoms. The molecule has 1 unspecified atom stereocenters. The van der Waals surface area contributed by atoms with Crippen LogP contribution < -0.4 is 4.90 Å². The predicted molar refractivity (Wildman–Crippen MR) is 63.9 cm³/mol. The van der Waals surface area contributed by atoms with Gasteiger partial charge in [0.25, 0.3) is 0 Å². The second kappa shape index (κ2) is 4.20. The summed E-state index contributed by atoms with van der Waals surface area (Å²) in [4.78, 5) is 7.01. The van der Waals surface area contributed by atoms with Gasteiger partial charge in [0, 0.05) is 30.1 Å². The predicted octanol–water partition coefficient (Wildman–Crippen LogP) is 1.84. The SMILES string of the molecule is CC(O)C1CN(c2nccc(S)c2Cl)C1. The lowest BCUT2D eigenvalue weighted by Gasteiger charge is -2.42. The largest absolute Gasteiger partial charge is 0.393 e. The summed E-state index contributed by atoms with van der Waals surface area (Å²) in [5.41, 5.74) is 0. The third kappa shape index (κ3) is 2.07. The Hall–Kier alpha value is -0.450. The van der Waals surface area contributed by atoms with Gasteiger partial charge in [-0.1, -0.05) is 11.6 Å². The molecule has 2 heterocycles. The Morgan fingerprint density at radius 1 is 1.67 bits per heavy atom. The molecule has 1 aliphatic heterocycles. The number of aliphatic hydroxyl groups is 1. The highest BCUT2D eigenvalue weighted by atomic mass is 35.5. The Morgan fingerprint density at radius 2 is 2.33 bits per heavy atom. The maximum atomic E-state index is 9.37. The molecule has 1 saturated heterocycles. The van der Waals surface area contributed by atoms with E-state index in [0.29, 0.717) is 10.9 Å². The van der Waals surface area contributed by atoms with E-state index in [1.165, 1.54) is 0 Å². The van der Waals surface area contributed by atoms with E-state index >= 15 is 0 Å². The van der Waals surface area contributed by atoms with Gasteiger partial charge in [-0.15, -0.1) is 12.6 Å². The van der Waals surface area contributed by atoms with Crippen LogP contribution in [0.25, 0.3) is 0 Å². The quantitative estimate of drug-likeness (QED) is 0.780. The number of aromatic nitrogens is 1. The fourth-order valence-electron chi connectivity index (χ4n) is 1.63. The van der Waals surface area contributed by atoms with Crippen molar-refractivity contribution in [1.82, 2.24) is 4.98 Å². The molecule has 0 saturated carbocycles. The molecule has 1 aromatic rings. The van der Waals surface area contributed by atoms with Gasteiger partial charge >= 0.3 is 0 Å². The first-order valence-electron chi connectivity index (χ1n) is 4.86. The maximum absolute atomic E-state index is 9.37. The van der Waals surface area contributed by atoms with Crippen LogP contribution >= 0.6 is 24.2 Å². The van der Waals surface area contributed by atoms with Gasteiger partial charge in [0.15, 0.2) is 0 Å². The Kier molecular flexibility index (Phi) is 3.09. The molecule has 0 amide bonds. The summed E-state index contributed by atoms with van der Waals surface area (Å²) < 4.78 is 0. The average molecular weight is 245 g/mol. The van der Waals surface area contributed by atoms with Crippen LogP contribution in [0.4, 0.5) is 5.82 Å². The van der Waals surface area contributed by atoms with Crippen molar-refractivity contribution in [3.8, 4) is 0 Å². The first-order chi connectivity index (χ1) is 7.09. The van der Waals surface area contributed by atoms with Crippen LogP contribution in [0.15, 0.2) is 17.2 Å². The summed E-state index contributed by atoms with van der Waals surface area (Å²) in [6, 6.07) is 1.76. The minimum absolute atomic E-state index is 0.265. The molecule has 3 nitrogen and oxygen atoms in total. The Balaban J connectivity index is 2.10. The molecule has 1 aliphatic rings. The number of anilines is 1. The summed E-state index contributed by atoms with van der Waals surface area (Å²) in [6.07, 6.45) is 1.43. The minimum Gasteiger partial charge on any atom is -0.393 e. The summed E-state index contributed by atoms with van der Waals surface area (Å²) in [5.74, 6) is 1.09. The summed E-state index contributed by atoms with van der Waals surface area (Å²) in [5, 5.41) is 9.95. The second-order valence-electron chi connectivity index (χ2n) is 3.87. The third-order valence-electron chi connectivity index (χ3n) is 2.74. The molecular weight excluding hydrogens is 232 g/mol. The fraction of sp³-hybridized carbons (Fsp3) is 0.500. The standard InChI is InChI=1S/C10H13ClN2OS/c1-6(14)7-4-13(5-7)10-9(11)8(15)2-3-12-10/h2-3,6-7,14H,4-5H2,1H3,(H,12,15). The van der Waals surface area contributed by atoms with E-state index in [9.17, 15) is 5.11 Å². The van der Waals surface area contributed by atoms with Crippen molar-refractivity contribution in [2.24, 2.45) is 5.92 Å². The van der Waals surface area contributed by atoms with Crippen LogP contribution in [-0.4, -0.2) is 29.3 Å². The Bertz CT molecular complexity index is 366. The zero-order valence-electron chi connectivity index (χ0n) is 8.39. The normalized spacial score (nSPS) is 18.8. The van der Waals surface area contributed by atoms with Crippen LogP contribution in [0.1, 0.15) is 6.92 Å². The van der Waals surface area contributed by atoms with Crippen molar-refractivity contribution in [2.75, 3.05) is 18.0 Å². The van der Waals surface area contributed by atoms with Crippen LogP contribution in [0.2, 0.25) is 5.02 Å². The average Bonchev–Trinajstić information content (AvgIpc) is 2.09. The number of rotatable bonds is 2. The smallest absolute Gasteiger partial charge is 0.148 e. The summed E-state index contributed by atoms with van der Waals surface area (Å²) >= 11 is 10.3. The molecule has 1 N–H and O–H groups in total. The van der Waals surface area contributed by atoms with E-state index < -0.39 is 0 Å². The Morgan fingerprint density at radius 3 is 2.93 bits per heavy atom. The van der Waals surface area contributed by atoms with E-state index in [-0.39, 0.29) is 6.10 Å². The number of pyridine rings is 1. The van der Waals surface area contributed by atoms with E-state index in [2.05, 4.69) is 22.5 Å². The molecule has 2 rings (SSSR count). The third-order valence-corrected chi connectivity index (χ3v) is 3.62. The van der Waals surface area contributed by atoms with E-state index in [1.54, 1.807) is 12.3 Å². The molecule has 1 aromatic heterocycles. The number of hydrogen-bond donors (Lipinski definition) is 2. The molecule has 0 aromatic carbocycles. The van der Waals surface area contributed by atoms with Crippen LogP contribution in [0.5, 0.6) is 0 Å². The van der Waals surface area contributed by atoms with Crippen LogP contribution in [0, 0.1) is 5.92 Å². The Labute approximate surface area is 99.5 Å². The molecular formula is C10H13ClN2OS. The van der Waals surface area contributed by atoms with Gasteiger partial charge in [-0.3, -0.25) is 0 Å². The van der Waals surface area contributed by atoms with Crippen molar-refractivity contribution in [3.63, 3.8) is 0 Å². The molecule has 0 radical (unpaired) electrons. The van der Waals surface area contributed by atoms with E-state index in [1.807, 2.05) is 6.92 Å². The number of thiol groups is 1. The first-order valence-corrected chi connectivity index (χ1v) is 5.68. The van der Waals surface area contributed by atoms with E-state index in [4.69, 9.17) is 11.6 Å². The topological polar surface area (TPSA) is 36.4 Å². The van der Waals surface area contributed by atoms with Gasteiger partial charge in [0.05, 0.1) is 11.1 Å². The van der Waals surface area contributed by atoms with Gasteiger partial charge in [-0.05, 0) is 13.0 Å². The van der Waals surface area contributed by atoms with Crippen molar-refractivity contribution < 1.29 is 5.11 Å². The van der Waals surface area contributed by atoms with Crippen molar-refractivity contribution in [2.45, 2.75) is 17.9 Å². The number of nitrogens with zero attached hydrogens (tertiary/aromatic N) is 2. The lowest BCUT2D eigenvalue weighted by atomic mass is 9.95. The molecule has 0 bridgehead atoms. The molecule has 0 aliphatic carbocycles. The first kappa shape index (κ1) is 11.0. The molecule has 1 fully saturated rings. The highest BCUT2D eigenvalue weighted by Crippen LogP contribution is 2.33. The number of aliphatic hydroxyl groups excluding tert-OH is 1. The fourth-order valence-corrected chi connectivity index (χ4v) is 2.03. The highest BCUT2D eigenvalue weighted by molar-refractivity contribution is 7.80.